The molecule has 4 heteroatoms. The number of imidazole rings is 1. The average Bonchev–Trinajstić information content (AvgIpc) is 3.11. The molecule has 4 aromatic rings. The molecule has 0 radical (unpaired) electrons. The van der Waals surface area contributed by atoms with E-state index in [4.69, 9.17) is 14.5 Å². The molecule has 148 valence electrons. The highest BCUT2D eigenvalue weighted by atomic mass is 16.5. The molecule has 0 bridgehead atoms. The first-order valence-electron chi connectivity index (χ1n) is 10.1. The summed E-state index contributed by atoms with van der Waals surface area (Å²) in [7, 11) is 0. The second-order valence-corrected chi connectivity index (χ2v) is 7.10. The maximum atomic E-state index is 6.28. The van der Waals surface area contributed by atoms with E-state index in [1.807, 2.05) is 60.7 Å². The molecule has 0 N–H and O–H groups in total. The molecule has 1 heterocycles. The van der Waals surface area contributed by atoms with Crippen molar-refractivity contribution in [2.75, 3.05) is 6.61 Å². The van der Waals surface area contributed by atoms with E-state index in [0.29, 0.717) is 13.2 Å². The van der Waals surface area contributed by atoms with Gasteiger partial charge in [-0.3, -0.25) is 0 Å². The summed E-state index contributed by atoms with van der Waals surface area (Å²) in [6, 6.07) is 26.3. The lowest BCUT2D eigenvalue weighted by atomic mass is 10.2. The Morgan fingerprint density at radius 2 is 1.66 bits per heavy atom. The van der Waals surface area contributed by atoms with Gasteiger partial charge in [-0.1, -0.05) is 49.4 Å². The number of benzene rings is 3. The zero-order valence-electron chi connectivity index (χ0n) is 16.9. The van der Waals surface area contributed by atoms with Crippen LogP contribution >= 0.6 is 0 Å². The van der Waals surface area contributed by atoms with E-state index in [9.17, 15) is 0 Å². The van der Waals surface area contributed by atoms with Gasteiger partial charge in [0.15, 0.2) is 11.9 Å². The Bertz CT molecular complexity index is 1070. The van der Waals surface area contributed by atoms with Crippen LogP contribution in [0, 0.1) is 6.92 Å². The Labute approximate surface area is 171 Å². The van der Waals surface area contributed by atoms with Gasteiger partial charge in [0.05, 0.1) is 17.6 Å². The van der Waals surface area contributed by atoms with Crippen molar-refractivity contribution < 1.29 is 9.47 Å². The van der Waals surface area contributed by atoms with Crippen LogP contribution in [0.1, 0.15) is 30.8 Å². The molecule has 4 nitrogen and oxygen atoms in total. The number of ether oxygens (including phenoxy) is 2. The standard InChI is InChI=1S/C25H26N2O2/c1-3-24(29-20-11-5-4-6-12-20)25-26-22-14-7-8-15-23(22)27(25)16-17-28-21-13-9-10-19(2)18-21/h4-15,18,24H,3,16-17H2,1-2H3. The van der Waals surface area contributed by atoms with Crippen LogP contribution in [0.15, 0.2) is 78.9 Å². The predicted octanol–water partition coefficient (Wildman–Crippen LogP) is 5.95. The van der Waals surface area contributed by atoms with E-state index in [2.05, 4.69) is 36.6 Å². The molecule has 3 aromatic carbocycles. The number of aryl methyl sites for hydroxylation is 1. The monoisotopic (exact) mass is 386 g/mol. The molecule has 0 fully saturated rings. The fraction of sp³-hybridized carbons (Fsp3) is 0.240. The second-order valence-electron chi connectivity index (χ2n) is 7.10. The molecule has 0 spiro atoms. The van der Waals surface area contributed by atoms with Crippen molar-refractivity contribution in [3.8, 4) is 11.5 Å². The largest absolute Gasteiger partial charge is 0.492 e. The molecule has 0 aliphatic heterocycles. The molecular weight excluding hydrogens is 360 g/mol. The van der Waals surface area contributed by atoms with Crippen molar-refractivity contribution in [2.24, 2.45) is 0 Å². The fourth-order valence-electron chi connectivity index (χ4n) is 3.52. The third-order valence-corrected chi connectivity index (χ3v) is 4.94. The minimum absolute atomic E-state index is 0.122. The van der Waals surface area contributed by atoms with Gasteiger partial charge in [0, 0.05) is 0 Å². The van der Waals surface area contributed by atoms with E-state index in [1.165, 1.54) is 5.56 Å². The molecule has 1 unspecified atom stereocenters. The lowest BCUT2D eigenvalue weighted by molar-refractivity contribution is 0.184. The molecule has 4 rings (SSSR count). The van der Waals surface area contributed by atoms with Crippen molar-refractivity contribution in [1.29, 1.82) is 0 Å². The van der Waals surface area contributed by atoms with Crippen molar-refractivity contribution in [2.45, 2.75) is 32.9 Å². The minimum Gasteiger partial charge on any atom is -0.492 e. The maximum absolute atomic E-state index is 6.28. The predicted molar refractivity (Wildman–Crippen MR) is 117 cm³/mol. The third-order valence-electron chi connectivity index (χ3n) is 4.94. The van der Waals surface area contributed by atoms with Crippen LogP contribution in [0.3, 0.4) is 0 Å². The van der Waals surface area contributed by atoms with Crippen LogP contribution in [0.4, 0.5) is 0 Å². The van der Waals surface area contributed by atoms with Crippen molar-refractivity contribution in [3.05, 3.63) is 90.3 Å². The summed E-state index contributed by atoms with van der Waals surface area (Å²) >= 11 is 0. The van der Waals surface area contributed by atoms with E-state index < -0.39 is 0 Å². The summed E-state index contributed by atoms with van der Waals surface area (Å²) in [5.41, 5.74) is 3.28. The van der Waals surface area contributed by atoms with Crippen LogP contribution in [-0.2, 0) is 6.54 Å². The normalized spacial score (nSPS) is 12.1. The second kappa shape index (κ2) is 8.82. The lowest BCUT2D eigenvalue weighted by Gasteiger charge is -2.19. The molecule has 0 aliphatic rings. The summed E-state index contributed by atoms with van der Waals surface area (Å²) in [5.74, 6) is 2.68. The fourth-order valence-corrected chi connectivity index (χ4v) is 3.52. The zero-order chi connectivity index (χ0) is 20.1. The first kappa shape index (κ1) is 19.1. The Hall–Kier alpha value is -3.27. The summed E-state index contributed by atoms with van der Waals surface area (Å²) in [6.07, 6.45) is 0.709. The van der Waals surface area contributed by atoms with Gasteiger partial charge in [0.1, 0.15) is 18.1 Å². The highest BCUT2D eigenvalue weighted by molar-refractivity contribution is 5.76. The number of hydrogen-bond acceptors (Lipinski definition) is 3. The maximum Gasteiger partial charge on any atom is 0.156 e. The zero-order valence-corrected chi connectivity index (χ0v) is 16.9. The molecule has 29 heavy (non-hydrogen) atoms. The first-order valence-corrected chi connectivity index (χ1v) is 10.1. The lowest BCUT2D eigenvalue weighted by Crippen LogP contribution is -2.17. The SMILES string of the molecule is CCC(Oc1ccccc1)c1nc2ccccc2n1CCOc1cccc(C)c1. The highest BCUT2D eigenvalue weighted by Gasteiger charge is 2.20. The van der Waals surface area contributed by atoms with Crippen LogP contribution in [0.5, 0.6) is 11.5 Å². The smallest absolute Gasteiger partial charge is 0.156 e. The highest BCUT2D eigenvalue weighted by Crippen LogP contribution is 2.27. The minimum atomic E-state index is -0.122. The summed E-state index contributed by atoms with van der Waals surface area (Å²) < 4.78 is 14.5. The number of rotatable bonds is 8. The van der Waals surface area contributed by atoms with Gasteiger partial charge in [-0.15, -0.1) is 0 Å². The molecule has 0 aliphatic carbocycles. The van der Waals surface area contributed by atoms with Crippen LogP contribution < -0.4 is 9.47 Å². The topological polar surface area (TPSA) is 36.3 Å². The van der Waals surface area contributed by atoms with Gasteiger partial charge in [0.2, 0.25) is 0 Å². The summed E-state index contributed by atoms with van der Waals surface area (Å²) in [4.78, 5) is 4.90. The van der Waals surface area contributed by atoms with Gasteiger partial charge in [-0.05, 0) is 55.3 Å². The Morgan fingerprint density at radius 3 is 2.45 bits per heavy atom. The van der Waals surface area contributed by atoms with Crippen LogP contribution in [-0.4, -0.2) is 16.2 Å². The van der Waals surface area contributed by atoms with Crippen molar-refractivity contribution in [3.63, 3.8) is 0 Å². The van der Waals surface area contributed by atoms with Gasteiger partial charge in [-0.2, -0.15) is 0 Å². The van der Waals surface area contributed by atoms with Crippen LogP contribution in [0.2, 0.25) is 0 Å². The van der Waals surface area contributed by atoms with Gasteiger partial charge in [0.25, 0.3) is 0 Å². The van der Waals surface area contributed by atoms with Crippen molar-refractivity contribution in [1.82, 2.24) is 9.55 Å². The number of para-hydroxylation sites is 3. The van der Waals surface area contributed by atoms with E-state index >= 15 is 0 Å². The van der Waals surface area contributed by atoms with E-state index in [-0.39, 0.29) is 6.10 Å². The number of aromatic nitrogens is 2. The van der Waals surface area contributed by atoms with Crippen molar-refractivity contribution >= 4 is 11.0 Å². The average molecular weight is 386 g/mol. The molecular formula is C25H26N2O2. The molecule has 0 amide bonds. The Morgan fingerprint density at radius 1 is 0.897 bits per heavy atom. The third kappa shape index (κ3) is 4.43. The van der Waals surface area contributed by atoms with Gasteiger partial charge in [-0.25, -0.2) is 4.98 Å². The van der Waals surface area contributed by atoms with Gasteiger partial charge >= 0.3 is 0 Å². The quantitative estimate of drug-likeness (QED) is 0.375. The molecule has 0 saturated carbocycles. The molecule has 0 saturated heterocycles. The molecule has 1 atom stereocenters. The number of fused-ring (bicyclic) bond motifs is 1. The number of hydrogen-bond donors (Lipinski definition) is 0. The molecule has 1 aromatic heterocycles. The summed E-state index contributed by atoms with van der Waals surface area (Å²) in [5, 5.41) is 0. The van der Waals surface area contributed by atoms with Gasteiger partial charge < -0.3 is 14.0 Å². The van der Waals surface area contributed by atoms with Crippen LogP contribution in [0.25, 0.3) is 11.0 Å². The Kier molecular flexibility index (Phi) is 5.80. The Balaban J connectivity index is 1.59. The van der Waals surface area contributed by atoms with E-state index in [0.717, 1.165) is 34.8 Å². The summed E-state index contributed by atoms with van der Waals surface area (Å²) in [6.45, 7) is 5.47. The number of nitrogens with zero attached hydrogens (tertiary/aromatic N) is 2. The first-order chi connectivity index (χ1) is 14.2. The van der Waals surface area contributed by atoms with E-state index in [1.54, 1.807) is 0 Å².